The van der Waals surface area contributed by atoms with E-state index < -0.39 is 22.9 Å². The summed E-state index contributed by atoms with van der Waals surface area (Å²) < 4.78 is 15.8. The van der Waals surface area contributed by atoms with E-state index in [4.69, 9.17) is 25.8 Å². The Morgan fingerprint density at radius 2 is 1.97 bits per heavy atom. The lowest BCUT2D eigenvalue weighted by Crippen LogP contribution is -2.30. The van der Waals surface area contributed by atoms with Crippen LogP contribution in [0.1, 0.15) is 22.8 Å². The first-order chi connectivity index (χ1) is 14.7. The van der Waals surface area contributed by atoms with Gasteiger partial charge in [-0.2, -0.15) is 0 Å². The number of benzene rings is 2. The third-order valence-corrected chi connectivity index (χ3v) is 4.56. The molecule has 164 valence electrons. The molecular weight excluding hydrogens is 428 g/mol. The molecule has 1 N–H and O–H groups in total. The van der Waals surface area contributed by atoms with Gasteiger partial charge in [-0.3, -0.25) is 14.9 Å². The monoisotopic (exact) mass is 448 g/mol. The van der Waals surface area contributed by atoms with E-state index >= 15 is 0 Å². The van der Waals surface area contributed by atoms with Crippen molar-refractivity contribution in [1.82, 2.24) is 0 Å². The molecule has 0 bridgehead atoms. The fourth-order valence-corrected chi connectivity index (χ4v) is 2.87. The van der Waals surface area contributed by atoms with Gasteiger partial charge >= 0.3 is 5.97 Å². The predicted octanol–water partition coefficient (Wildman–Crippen LogP) is 4.18. The van der Waals surface area contributed by atoms with Crippen LogP contribution < -0.4 is 14.8 Å². The van der Waals surface area contributed by atoms with Crippen LogP contribution in [0, 0.1) is 10.1 Å². The molecule has 0 fully saturated rings. The predicted molar refractivity (Wildman–Crippen MR) is 115 cm³/mol. The number of anilines is 1. The topological polar surface area (TPSA) is 117 Å². The van der Waals surface area contributed by atoms with Gasteiger partial charge < -0.3 is 19.5 Å². The Bertz CT molecular complexity index is 1020. The molecule has 9 nitrogen and oxygen atoms in total. The van der Waals surface area contributed by atoms with E-state index in [0.717, 1.165) is 6.07 Å². The number of carbonyl (C=O) groups is 2. The molecule has 0 aliphatic heterocycles. The zero-order valence-corrected chi connectivity index (χ0v) is 17.9. The molecule has 2 aromatic rings. The third-order valence-electron chi connectivity index (χ3n) is 4.23. The van der Waals surface area contributed by atoms with Crippen molar-refractivity contribution in [2.24, 2.45) is 0 Å². The molecular formula is C21H21ClN2O7. The van der Waals surface area contributed by atoms with Gasteiger partial charge in [0.2, 0.25) is 0 Å². The molecule has 31 heavy (non-hydrogen) atoms. The lowest BCUT2D eigenvalue weighted by Gasteiger charge is -2.16. The molecule has 1 unspecified atom stereocenters. The average molecular weight is 449 g/mol. The molecule has 0 saturated carbocycles. The van der Waals surface area contributed by atoms with E-state index in [-0.39, 0.29) is 22.0 Å². The molecule has 10 heteroatoms. The molecule has 0 saturated heterocycles. The van der Waals surface area contributed by atoms with Gasteiger partial charge in [0.25, 0.3) is 11.6 Å². The number of carbonyl (C=O) groups excluding carboxylic acids is 2. The number of hydrogen-bond acceptors (Lipinski definition) is 7. The number of ether oxygens (including phenoxy) is 3. The van der Waals surface area contributed by atoms with Gasteiger partial charge in [0, 0.05) is 17.7 Å². The maximum atomic E-state index is 12.6. The summed E-state index contributed by atoms with van der Waals surface area (Å²) in [4.78, 5) is 35.3. The van der Waals surface area contributed by atoms with Gasteiger partial charge in [-0.15, -0.1) is 6.58 Å². The second-order valence-corrected chi connectivity index (χ2v) is 6.73. The van der Waals surface area contributed by atoms with Crippen molar-refractivity contribution in [3.8, 4) is 11.5 Å². The molecule has 0 aliphatic carbocycles. The standard InChI is InChI=1S/C21H21ClN2O7/c1-5-6-13-9-14(10-18(29-3)19(13)30-4)21(26)31-12(2)20(25)23-17-11-15(24(27)28)7-8-16(17)22/h5,7-12H,1,6H2,2-4H3,(H,23,25). The molecule has 1 atom stereocenters. The molecule has 0 aromatic heterocycles. The fraction of sp³-hybridized carbons (Fsp3) is 0.238. The van der Waals surface area contributed by atoms with Crippen LogP contribution in [0.5, 0.6) is 11.5 Å². The summed E-state index contributed by atoms with van der Waals surface area (Å²) in [5, 5.41) is 13.4. The van der Waals surface area contributed by atoms with E-state index in [1.807, 2.05) is 0 Å². The largest absolute Gasteiger partial charge is 0.493 e. The normalized spacial score (nSPS) is 11.2. The molecule has 0 radical (unpaired) electrons. The maximum Gasteiger partial charge on any atom is 0.339 e. The van der Waals surface area contributed by atoms with Crippen molar-refractivity contribution < 1.29 is 28.7 Å². The van der Waals surface area contributed by atoms with E-state index in [2.05, 4.69) is 11.9 Å². The number of methoxy groups -OCH3 is 2. The number of hydrogen-bond donors (Lipinski definition) is 1. The van der Waals surface area contributed by atoms with Crippen molar-refractivity contribution in [3.63, 3.8) is 0 Å². The summed E-state index contributed by atoms with van der Waals surface area (Å²) in [7, 11) is 2.91. The van der Waals surface area contributed by atoms with Crippen LogP contribution in [0.4, 0.5) is 11.4 Å². The third kappa shape index (κ3) is 5.73. The van der Waals surface area contributed by atoms with Crippen LogP contribution in [0.2, 0.25) is 5.02 Å². The van der Waals surface area contributed by atoms with E-state index in [1.165, 1.54) is 39.3 Å². The highest BCUT2D eigenvalue weighted by Crippen LogP contribution is 2.33. The molecule has 0 spiro atoms. The first kappa shape index (κ1) is 23.7. The van der Waals surface area contributed by atoms with Crippen molar-refractivity contribution in [2.45, 2.75) is 19.4 Å². The first-order valence-corrected chi connectivity index (χ1v) is 9.41. The SMILES string of the molecule is C=CCc1cc(C(=O)OC(C)C(=O)Nc2cc([N+](=O)[O-])ccc2Cl)cc(OC)c1OC. The van der Waals surface area contributed by atoms with Gasteiger partial charge in [-0.25, -0.2) is 4.79 Å². The fourth-order valence-electron chi connectivity index (χ4n) is 2.71. The number of non-ortho nitro benzene ring substituents is 1. The van der Waals surface area contributed by atoms with E-state index in [0.29, 0.717) is 23.5 Å². The quantitative estimate of drug-likeness (QED) is 0.264. The Morgan fingerprint density at radius 1 is 1.26 bits per heavy atom. The molecule has 0 aliphatic rings. The van der Waals surface area contributed by atoms with Crippen LogP contribution in [0.25, 0.3) is 0 Å². The number of esters is 1. The lowest BCUT2D eigenvalue weighted by atomic mass is 10.1. The number of nitro benzene ring substituents is 1. The molecule has 1 amide bonds. The Kier molecular flexibility index (Phi) is 7.98. The first-order valence-electron chi connectivity index (χ1n) is 9.03. The van der Waals surface area contributed by atoms with Crippen LogP contribution in [-0.4, -0.2) is 37.1 Å². The number of rotatable bonds is 9. The molecule has 0 heterocycles. The van der Waals surface area contributed by atoms with Crippen molar-refractivity contribution in [1.29, 1.82) is 0 Å². The summed E-state index contributed by atoms with van der Waals surface area (Å²) in [6.07, 6.45) is 0.853. The summed E-state index contributed by atoms with van der Waals surface area (Å²) in [5.74, 6) is -0.680. The summed E-state index contributed by atoms with van der Waals surface area (Å²) in [6, 6.07) is 6.62. The Balaban J connectivity index is 2.19. The number of amides is 1. The Hall–Kier alpha value is -3.59. The summed E-state index contributed by atoms with van der Waals surface area (Å²) in [6.45, 7) is 5.04. The van der Waals surface area contributed by atoms with E-state index in [1.54, 1.807) is 12.1 Å². The highest BCUT2D eigenvalue weighted by molar-refractivity contribution is 6.33. The van der Waals surface area contributed by atoms with Crippen molar-refractivity contribution >= 4 is 34.9 Å². The number of nitrogens with one attached hydrogen (secondary N) is 1. The van der Waals surface area contributed by atoms with Gasteiger partial charge in [0.05, 0.1) is 35.4 Å². The maximum absolute atomic E-state index is 12.6. The van der Waals surface area contributed by atoms with Crippen LogP contribution in [0.15, 0.2) is 43.0 Å². The number of nitrogens with zero attached hydrogens (tertiary/aromatic N) is 1. The Labute approximate surface area is 183 Å². The minimum atomic E-state index is -1.21. The average Bonchev–Trinajstić information content (AvgIpc) is 2.74. The number of halogens is 1. The lowest BCUT2D eigenvalue weighted by molar-refractivity contribution is -0.384. The van der Waals surface area contributed by atoms with Crippen molar-refractivity contribution in [2.75, 3.05) is 19.5 Å². The Morgan fingerprint density at radius 3 is 2.55 bits per heavy atom. The van der Waals surface area contributed by atoms with Crippen LogP contribution in [0.3, 0.4) is 0 Å². The van der Waals surface area contributed by atoms with Gasteiger partial charge in [-0.1, -0.05) is 17.7 Å². The minimum Gasteiger partial charge on any atom is -0.493 e. The van der Waals surface area contributed by atoms with Crippen LogP contribution in [-0.2, 0) is 16.0 Å². The summed E-state index contributed by atoms with van der Waals surface area (Å²) >= 11 is 5.98. The van der Waals surface area contributed by atoms with Gasteiger partial charge in [-0.05, 0) is 31.5 Å². The van der Waals surface area contributed by atoms with Gasteiger partial charge in [0.15, 0.2) is 17.6 Å². The second kappa shape index (κ2) is 10.4. The smallest absolute Gasteiger partial charge is 0.339 e. The second-order valence-electron chi connectivity index (χ2n) is 6.32. The van der Waals surface area contributed by atoms with Crippen LogP contribution >= 0.6 is 11.6 Å². The number of nitro groups is 1. The summed E-state index contributed by atoms with van der Waals surface area (Å²) in [5.41, 5.74) is 0.597. The van der Waals surface area contributed by atoms with Crippen molar-refractivity contribution in [3.05, 3.63) is 69.3 Å². The van der Waals surface area contributed by atoms with Gasteiger partial charge in [0.1, 0.15) is 0 Å². The zero-order chi connectivity index (χ0) is 23.1. The van der Waals surface area contributed by atoms with E-state index in [9.17, 15) is 19.7 Å². The molecule has 2 rings (SSSR count). The minimum absolute atomic E-state index is 0.0307. The number of allylic oxidation sites excluding steroid dienone is 1. The zero-order valence-electron chi connectivity index (χ0n) is 17.1. The molecule has 2 aromatic carbocycles. The highest BCUT2D eigenvalue weighted by Gasteiger charge is 2.23. The highest BCUT2D eigenvalue weighted by atomic mass is 35.5.